The quantitative estimate of drug-likeness (QED) is 0.818. The maximum absolute atomic E-state index is 13.6. The Bertz CT molecular complexity index is 493. The van der Waals surface area contributed by atoms with Gasteiger partial charge in [-0.05, 0) is 26.0 Å². The number of benzene rings is 1. The molecular weight excluding hydrogens is 295 g/mol. The molecule has 1 amide bonds. The largest absolute Gasteiger partial charge is 0.391 e. The predicted molar refractivity (Wildman–Crippen MR) is 68.1 cm³/mol. The Hall–Kier alpha value is -1.86. The Labute approximate surface area is 118 Å². The predicted octanol–water partition coefficient (Wildman–Crippen LogP) is 3.47. The van der Waals surface area contributed by atoms with E-state index in [1.54, 1.807) is 6.92 Å². The molecule has 0 heterocycles. The van der Waals surface area contributed by atoms with Gasteiger partial charge in [0.05, 0.1) is 6.42 Å². The van der Waals surface area contributed by atoms with Crippen LogP contribution in [0.5, 0.6) is 0 Å². The fourth-order valence-electron chi connectivity index (χ4n) is 1.76. The van der Waals surface area contributed by atoms with E-state index in [1.165, 1.54) is 0 Å². The second kappa shape index (κ2) is 6.73. The molecule has 1 atom stereocenters. The van der Waals surface area contributed by atoms with Crippen molar-refractivity contribution in [2.24, 2.45) is 0 Å². The maximum atomic E-state index is 13.6. The minimum Gasteiger partial charge on any atom is -0.381 e. The van der Waals surface area contributed by atoms with E-state index in [0.29, 0.717) is 0 Å². The van der Waals surface area contributed by atoms with Crippen LogP contribution in [0.1, 0.15) is 30.6 Å². The first-order chi connectivity index (χ1) is 9.64. The third-order valence-electron chi connectivity index (χ3n) is 2.57. The molecule has 0 saturated carbocycles. The van der Waals surface area contributed by atoms with E-state index in [1.807, 2.05) is 5.32 Å². The summed E-state index contributed by atoms with van der Waals surface area (Å²) in [5.41, 5.74) is -0.752. The Morgan fingerprint density at radius 2 is 1.76 bits per heavy atom. The maximum Gasteiger partial charge on any atom is 0.391 e. The lowest BCUT2D eigenvalue weighted by atomic mass is 10.1. The monoisotopic (exact) mass is 310 g/mol. The number of halogens is 5. The molecule has 0 radical (unpaired) electrons. The van der Waals surface area contributed by atoms with E-state index in [0.717, 1.165) is 19.1 Å². The van der Waals surface area contributed by atoms with Crippen LogP contribution in [0.2, 0.25) is 0 Å². The Morgan fingerprint density at radius 1 is 1.24 bits per heavy atom. The van der Waals surface area contributed by atoms with Gasteiger partial charge in [-0.15, -0.1) is 0 Å². The van der Waals surface area contributed by atoms with Gasteiger partial charge in [0.25, 0.3) is 5.91 Å². The second-order valence-corrected chi connectivity index (χ2v) is 4.54. The summed E-state index contributed by atoms with van der Waals surface area (Å²) in [6.45, 7) is 3.07. The van der Waals surface area contributed by atoms with E-state index >= 15 is 0 Å². The molecule has 0 aliphatic heterocycles. The van der Waals surface area contributed by atoms with Crippen LogP contribution in [0.25, 0.3) is 0 Å². The van der Waals surface area contributed by atoms with Gasteiger partial charge < -0.3 is 10.6 Å². The molecule has 0 saturated heterocycles. The standard InChI is InChI=1S/C13H15F5N2O/c1-3-19-11-9(14)4-8(5-10(11)15)12(21)20-7(2)6-13(16,17)18/h4-5,7,19H,3,6H2,1-2H3,(H,20,21). The Balaban J connectivity index is 2.84. The lowest BCUT2D eigenvalue weighted by Gasteiger charge is -2.16. The van der Waals surface area contributed by atoms with Crippen LogP contribution < -0.4 is 10.6 Å². The van der Waals surface area contributed by atoms with Gasteiger partial charge in [-0.1, -0.05) is 0 Å². The summed E-state index contributed by atoms with van der Waals surface area (Å²) in [4.78, 5) is 11.7. The van der Waals surface area contributed by atoms with Crippen LogP contribution in [-0.4, -0.2) is 24.7 Å². The molecule has 1 rings (SSSR count). The van der Waals surface area contributed by atoms with Gasteiger partial charge in [0.2, 0.25) is 0 Å². The van der Waals surface area contributed by atoms with Gasteiger partial charge in [-0.3, -0.25) is 4.79 Å². The van der Waals surface area contributed by atoms with Crippen LogP contribution in [0.15, 0.2) is 12.1 Å². The van der Waals surface area contributed by atoms with Gasteiger partial charge >= 0.3 is 6.18 Å². The van der Waals surface area contributed by atoms with Crippen LogP contribution in [-0.2, 0) is 0 Å². The summed E-state index contributed by atoms with van der Waals surface area (Å²) in [6.07, 6.45) is -5.66. The number of hydrogen-bond donors (Lipinski definition) is 2. The topological polar surface area (TPSA) is 41.1 Å². The molecule has 1 unspecified atom stereocenters. The van der Waals surface area contributed by atoms with Crippen LogP contribution in [0.4, 0.5) is 27.6 Å². The van der Waals surface area contributed by atoms with Crippen LogP contribution in [0, 0.1) is 11.6 Å². The summed E-state index contributed by atoms with van der Waals surface area (Å²) in [6, 6.07) is 0.352. The fourth-order valence-corrected chi connectivity index (χ4v) is 1.76. The zero-order valence-electron chi connectivity index (χ0n) is 11.4. The zero-order valence-corrected chi connectivity index (χ0v) is 11.4. The van der Waals surface area contributed by atoms with Crippen LogP contribution in [0.3, 0.4) is 0 Å². The summed E-state index contributed by atoms with van der Waals surface area (Å²) < 4.78 is 63.6. The molecule has 0 fully saturated rings. The van der Waals surface area contributed by atoms with Crippen molar-refractivity contribution in [3.63, 3.8) is 0 Å². The van der Waals surface area contributed by atoms with E-state index in [2.05, 4.69) is 5.32 Å². The second-order valence-electron chi connectivity index (χ2n) is 4.54. The number of rotatable bonds is 5. The first-order valence-corrected chi connectivity index (χ1v) is 6.24. The number of carbonyl (C=O) groups excluding carboxylic acids is 1. The lowest BCUT2D eigenvalue weighted by Crippen LogP contribution is -2.36. The van der Waals surface area contributed by atoms with E-state index in [-0.39, 0.29) is 17.8 Å². The summed E-state index contributed by atoms with van der Waals surface area (Å²) in [5, 5.41) is 4.50. The third-order valence-corrected chi connectivity index (χ3v) is 2.57. The number of carbonyl (C=O) groups is 1. The van der Waals surface area contributed by atoms with Gasteiger partial charge in [-0.25, -0.2) is 8.78 Å². The number of nitrogens with one attached hydrogen (secondary N) is 2. The SMILES string of the molecule is CCNc1c(F)cc(C(=O)NC(C)CC(F)(F)F)cc1F. The number of alkyl halides is 3. The molecule has 3 nitrogen and oxygen atoms in total. The highest BCUT2D eigenvalue weighted by atomic mass is 19.4. The zero-order chi connectivity index (χ0) is 16.2. The molecule has 1 aromatic carbocycles. The van der Waals surface area contributed by atoms with Crippen molar-refractivity contribution in [3.8, 4) is 0 Å². The fraction of sp³-hybridized carbons (Fsp3) is 0.462. The highest BCUT2D eigenvalue weighted by Gasteiger charge is 2.30. The van der Waals surface area contributed by atoms with Crippen molar-refractivity contribution >= 4 is 11.6 Å². The lowest BCUT2D eigenvalue weighted by molar-refractivity contribution is -0.138. The highest BCUT2D eigenvalue weighted by molar-refractivity contribution is 5.94. The van der Waals surface area contributed by atoms with Gasteiger partial charge in [0.15, 0.2) is 0 Å². The molecule has 0 aromatic heterocycles. The highest BCUT2D eigenvalue weighted by Crippen LogP contribution is 2.23. The van der Waals surface area contributed by atoms with E-state index in [9.17, 15) is 26.7 Å². The first kappa shape index (κ1) is 17.2. The molecule has 0 aliphatic carbocycles. The van der Waals surface area contributed by atoms with Crippen molar-refractivity contribution in [1.29, 1.82) is 0 Å². The molecule has 118 valence electrons. The number of anilines is 1. The Kier molecular flexibility index (Phi) is 5.51. The summed E-state index contributed by atoms with van der Waals surface area (Å²) in [7, 11) is 0. The molecular formula is C13H15F5N2O. The third kappa shape index (κ3) is 5.20. The average molecular weight is 310 g/mol. The molecule has 1 aromatic rings. The van der Waals surface area contributed by atoms with E-state index in [4.69, 9.17) is 0 Å². The summed E-state index contributed by atoms with van der Waals surface area (Å²) in [5.74, 6) is -2.93. The van der Waals surface area contributed by atoms with E-state index < -0.39 is 36.2 Å². The average Bonchev–Trinajstić information content (AvgIpc) is 2.30. The number of hydrogen-bond acceptors (Lipinski definition) is 2. The smallest absolute Gasteiger partial charge is 0.381 e. The Morgan fingerprint density at radius 3 is 2.19 bits per heavy atom. The molecule has 0 bridgehead atoms. The van der Waals surface area contributed by atoms with Crippen molar-refractivity contribution in [2.75, 3.05) is 11.9 Å². The van der Waals surface area contributed by atoms with Gasteiger partial charge in [0.1, 0.15) is 17.3 Å². The molecule has 21 heavy (non-hydrogen) atoms. The molecule has 0 aliphatic rings. The number of amides is 1. The first-order valence-electron chi connectivity index (χ1n) is 6.24. The van der Waals surface area contributed by atoms with Crippen molar-refractivity contribution in [3.05, 3.63) is 29.3 Å². The summed E-state index contributed by atoms with van der Waals surface area (Å²) >= 11 is 0. The minimum atomic E-state index is -4.43. The minimum absolute atomic E-state index is 0.280. The van der Waals surface area contributed by atoms with Crippen molar-refractivity contribution in [2.45, 2.75) is 32.5 Å². The molecule has 8 heteroatoms. The molecule has 2 N–H and O–H groups in total. The van der Waals surface area contributed by atoms with Crippen molar-refractivity contribution in [1.82, 2.24) is 5.32 Å². The van der Waals surface area contributed by atoms with Crippen LogP contribution >= 0.6 is 0 Å². The normalized spacial score (nSPS) is 12.9. The van der Waals surface area contributed by atoms with Gasteiger partial charge in [-0.2, -0.15) is 13.2 Å². The molecule has 0 spiro atoms. The van der Waals surface area contributed by atoms with Gasteiger partial charge in [0, 0.05) is 18.2 Å². The van der Waals surface area contributed by atoms with Crippen molar-refractivity contribution < 1.29 is 26.7 Å².